The van der Waals surface area contributed by atoms with Gasteiger partial charge in [0.05, 0.1) is 0 Å². The topological polar surface area (TPSA) is 0 Å². The SMILES string of the molecule is C.CC(C)(C)CCCCCC(C)(C)C. The summed E-state index contributed by atoms with van der Waals surface area (Å²) in [6, 6.07) is 0. The summed E-state index contributed by atoms with van der Waals surface area (Å²) in [5.41, 5.74) is 1.06. The van der Waals surface area contributed by atoms with Crippen molar-refractivity contribution in [1.82, 2.24) is 0 Å². The van der Waals surface area contributed by atoms with E-state index in [4.69, 9.17) is 0 Å². The number of rotatable bonds is 4. The van der Waals surface area contributed by atoms with Gasteiger partial charge >= 0.3 is 0 Å². The minimum absolute atomic E-state index is 0. The van der Waals surface area contributed by atoms with Crippen molar-refractivity contribution < 1.29 is 0 Å². The Hall–Kier alpha value is 0. The van der Waals surface area contributed by atoms with Crippen LogP contribution in [0.15, 0.2) is 0 Å². The molecule has 0 bridgehead atoms. The molecule has 0 rings (SSSR count). The van der Waals surface area contributed by atoms with Crippen molar-refractivity contribution in [3.8, 4) is 0 Å². The predicted octanol–water partition coefficient (Wildman–Crippen LogP) is 5.67. The van der Waals surface area contributed by atoms with Crippen LogP contribution in [0.1, 0.15) is 81.1 Å². The largest absolute Gasteiger partial charge is 0.0776 e. The third-order valence-electron chi connectivity index (χ3n) is 2.35. The van der Waals surface area contributed by atoms with Crippen LogP contribution in [0, 0.1) is 10.8 Å². The van der Waals surface area contributed by atoms with Crippen LogP contribution in [0.2, 0.25) is 0 Å². The summed E-state index contributed by atoms with van der Waals surface area (Å²) in [4.78, 5) is 0. The van der Waals surface area contributed by atoms with Gasteiger partial charge in [0.15, 0.2) is 0 Å². The average molecular weight is 200 g/mol. The second-order valence-electron chi connectivity index (χ2n) is 6.68. The zero-order valence-corrected chi connectivity index (χ0v) is 10.5. The molecule has 0 atom stereocenters. The van der Waals surface area contributed by atoms with Gasteiger partial charge in [-0.3, -0.25) is 0 Å². The minimum Gasteiger partial charge on any atom is -0.0776 e. The molecule has 0 aromatic heterocycles. The second-order valence-corrected chi connectivity index (χ2v) is 6.68. The first-order valence-corrected chi connectivity index (χ1v) is 5.71. The predicted molar refractivity (Wildman–Crippen MR) is 68.7 cm³/mol. The molecule has 0 nitrogen and oxygen atoms in total. The molecular formula is C14H32. The second kappa shape index (κ2) is 6.48. The molecule has 0 saturated carbocycles. The van der Waals surface area contributed by atoms with E-state index in [-0.39, 0.29) is 7.43 Å². The molecule has 0 aliphatic carbocycles. The zero-order chi connectivity index (χ0) is 10.5. The van der Waals surface area contributed by atoms with Gasteiger partial charge < -0.3 is 0 Å². The van der Waals surface area contributed by atoms with Crippen molar-refractivity contribution >= 4 is 0 Å². The van der Waals surface area contributed by atoms with Crippen LogP contribution >= 0.6 is 0 Å². The Morgan fingerprint density at radius 1 is 0.571 bits per heavy atom. The highest BCUT2D eigenvalue weighted by Gasteiger charge is 2.11. The lowest BCUT2D eigenvalue weighted by molar-refractivity contribution is 0.330. The molecule has 0 aliphatic heterocycles. The van der Waals surface area contributed by atoms with Gasteiger partial charge in [-0.1, -0.05) is 68.2 Å². The van der Waals surface area contributed by atoms with Gasteiger partial charge in [0.25, 0.3) is 0 Å². The smallest absolute Gasteiger partial charge is 0.0383 e. The normalized spacial score (nSPS) is 12.4. The third-order valence-corrected chi connectivity index (χ3v) is 2.35. The molecule has 0 unspecified atom stereocenters. The molecule has 0 heteroatoms. The van der Waals surface area contributed by atoms with E-state index in [1.165, 1.54) is 32.1 Å². The summed E-state index contributed by atoms with van der Waals surface area (Å²) in [7, 11) is 0. The van der Waals surface area contributed by atoms with E-state index in [9.17, 15) is 0 Å². The molecule has 0 spiro atoms. The maximum atomic E-state index is 2.33. The Kier molecular flexibility index (Phi) is 7.60. The summed E-state index contributed by atoms with van der Waals surface area (Å²) in [6.45, 7) is 14.0. The molecule has 0 radical (unpaired) electrons. The first-order chi connectivity index (χ1) is 5.71. The van der Waals surface area contributed by atoms with E-state index in [2.05, 4.69) is 41.5 Å². The van der Waals surface area contributed by atoms with E-state index in [1.807, 2.05) is 0 Å². The van der Waals surface area contributed by atoms with E-state index in [1.54, 1.807) is 0 Å². The van der Waals surface area contributed by atoms with E-state index in [0.717, 1.165) is 0 Å². The molecule has 0 amide bonds. The Morgan fingerprint density at radius 3 is 1.07 bits per heavy atom. The highest BCUT2D eigenvalue weighted by molar-refractivity contribution is 4.64. The summed E-state index contributed by atoms with van der Waals surface area (Å²) >= 11 is 0. The van der Waals surface area contributed by atoms with Crippen LogP contribution in [-0.2, 0) is 0 Å². The van der Waals surface area contributed by atoms with E-state index >= 15 is 0 Å². The molecular weight excluding hydrogens is 168 g/mol. The monoisotopic (exact) mass is 200 g/mol. The van der Waals surface area contributed by atoms with Crippen molar-refractivity contribution in [3.05, 3.63) is 0 Å². The van der Waals surface area contributed by atoms with Crippen LogP contribution < -0.4 is 0 Å². The summed E-state index contributed by atoms with van der Waals surface area (Å²) < 4.78 is 0. The third kappa shape index (κ3) is 14.5. The van der Waals surface area contributed by atoms with Crippen molar-refractivity contribution in [3.63, 3.8) is 0 Å². The molecule has 0 saturated heterocycles. The molecule has 14 heavy (non-hydrogen) atoms. The van der Waals surface area contributed by atoms with Crippen LogP contribution in [0.5, 0.6) is 0 Å². The van der Waals surface area contributed by atoms with Crippen LogP contribution in [-0.4, -0.2) is 0 Å². The van der Waals surface area contributed by atoms with Crippen LogP contribution in [0.25, 0.3) is 0 Å². The van der Waals surface area contributed by atoms with Gasteiger partial charge in [-0.25, -0.2) is 0 Å². The van der Waals surface area contributed by atoms with Gasteiger partial charge in [-0.2, -0.15) is 0 Å². The van der Waals surface area contributed by atoms with Crippen molar-refractivity contribution in [2.75, 3.05) is 0 Å². The molecule has 0 N–H and O–H groups in total. The standard InChI is InChI=1S/C13H28.CH4/c1-12(2,3)10-8-7-9-11-13(4,5)6;/h7-11H2,1-6H3;1H4. The van der Waals surface area contributed by atoms with Gasteiger partial charge in [0.1, 0.15) is 0 Å². The summed E-state index contributed by atoms with van der Waals surface area (Å²) in [5.74, 6) is 0. The lowest BCUT2D eigenvalue weighted by Gasteiger charge is -2.20. The zero-order valence-electron chi connectivity index (χ0n) is 10.5. The van der Waals surface area contributed by atoms with Crippen molar-refractivity contribution in [2.45, 2.75) is 81.1 Å². The molecule has 0 aromatic carbocycles. The van der Waals surface area contributed by atoms with E-state index < -0.39 is 0 Å². The Bertz CT molecular complexity index is 104. The molecule has 0 aromatic rings. The molecule has 0 fully saturated rings. The molecule has 88 valence electrons. The highest BCUT2D eigenvalue weighted by Crippen LogP contribution is 2.25. The molecule has 0 heterocycles. The first kappa shape index (κ1) is 16.4. The maximum absolute atomic E-state index is 2.33. The minimum atomic E-state index is 0. The fourth-order valence-corrected chi connectivity index (χ4v) is 1.49. The highest BCUT2D eigenvalue weighted by atomic mass is 14.2. The summed E-state index contributed by atoms with van der Waals surface area (Å²) in [6.07, 6.45) is 6.96. The maximum Gasteiger partial charge on any atom is -0.0383 e. The lowest BCUT2D eigenvalue weighted by Crippen LogP contribution is -2.06. The first-order valence-electron chi connectivity index (χ1n) is 5.71. The van der Waals surface area contributed by atoms with Crippen molar-refractivity contribution in [1.29, 1.82) is 0 Å². The van der Waals surface area contributed by atoms with Crippen LogP contribution in [0.4, 0.5) is 0 Å². The Morgan fingerprint density at radius 2 is 0.857 bits per heavy atom. The number of hydrogen-bond donors (Lipinski definition) is 0. The lowest BCUT2D eigenvalue weighted by atomic mass is 9.86. The van der Waals surface area contributed by atoms with Gasteiger partial charge in [0, 0.05) is 0 Å². The number of unbranched alkanes of at least 4 members (excludes halogenated alkanes) is 2. The fraction of sp³-hybridized carbons (Fsp3) is 1.00. The molecule has 0 aliphatic rings. The quantitative estimate of drug-likeness (QED) is 0.513. The fourth-order valence-electron chi connectivity index (χ4n) is 1.49. The number of hydrogen-bond acceptors (Lipinski definition) is 0. The van der Waals surface area contributed by atoms with Gasteiger partial charge in [0.2, 0.25) is 0 Å². The summed E-state index contributed by atoms with van der Waals surface area (Å²) in [5, 5.41) is 0. The Balaban J connectivity index is 0. The van der Waals surface area contributed by atoms with Crippen molar-refractivity contribution in [2.24, 2.45) is 10.8 Å². The van der Waals surface area contributed by atoms with Gasteiger partial charge in [-0.15, -0.1) is 0 Å². The average Bonchev–Trinajstić information content (AvgIpc) is 1.81. The Labute approximate surface area is 92.5 Å². The van der Waals surface area contributed by atoms with E-state index in [0.29, 0.717) is 10.8 Å². The van der Waals surface area contributed by atoms with Gasteiger partial charge in [-0.05, 0) is 23.7 Å². The van der Waals surface area contributed by atoms with Crippen LogP contribution in [0.3, 0.4) is 0 Å².